The monoisotopic (exact) mass is 439 g/mol. The number of hydrogen-bond acceptors (Lipinski definition) is 4. The molecule has 0 saturated carbocycles. The molecule has 0 aliphatic carbocycles. The number of nitrogens with zero attached hydrogens (tertiary/aromatic N) is 3. The maximum Gasteiger partial charge on any atom is 0.261 e. The lowest BCUT2D eigenvalue weighted by Gasteiger charge is -2.17. The molecular formula is C21H18BrN3O3. The Hall–Kier alpha value is -2.80. The first-order valence-electron chi connectivity index (χ1n) is 9.08. The van der Waals surface area contributed by atoms with Gasteiger partial charge >= 0.3 is 0 Å². The average molecular weight is 440 g/mol. The van der Waals surface area contributed by atoms with E-state index in [2.05, 4.69) is 20.9 Å². The number of benzene rings is 2. The standard InChI is InChI=1S/C21H18BrN3O3/c1-13(22)18-23-17-10-5-4-9-16(17)21(28)24(18)11-6-12-25-19(26)14-7-2-3-8-15(14)20(25)27/h2-5,7-10,13H,6,11-12H2,1H3. The van der Waals surface area contributed by atoms with Gasteiger partial charge in [-0.2, -0.15) is 0 Å². The van der Waals surface area contributed by atoms with E-state index in [-0.39, 0.29) is 28.7 Å². The van der Waals surface area contributed by atoms with Crippen LogP contribution in [0.4, 0.5) is 0 Å². The van der Waals surface area contributed by atoms with Crippen molar-refractivity contribution in [1.29, 1.82) is 0 Å². The van der Waals surface area contributed by atoms with Gasteiger partial charge in [-0.25, -0.2) is 4.98 Å². The summed E-state index contributed by atoms with van der Waals surface area (Å²) < 4.78 is 1.62. The van der Waals surface area contributed by atoms with Crippen LogP contribution >= 0.6 is 15.9 Å². The van der Waals surface area contributed by atoms with Gasteiger partial charge in [0.15, 0.2) is 0 Å². The van der Waals surface area contributed by atoms with Crippen LogP contribution in [0.2, 0.25) is 0 Å². The Morgan fingerprint density at radius 1 is 0.929 bits per heavy atom. The summed E-state index contributed by atoms with van der Waals surface area (Å²) in [6, 6.07) is 14.1. The summed E-state index contributed by atoms with van der Waals surface area (Å²) in [5.41, 5.74) is 1.42. The van der Waals surface area contributed by atoms with Crippen molar-refractivity contribution in [2.24, 2.45) is 0 Å². The van der Waals surface area contributed by atoms with Gasteiger partial charge in [-0.15, -0.1) is 0 Å². The number of imide groups is 1. The molecule has 2 aromatic carbocycles. The largest absolute Gasteiger partial charge is 0.295 e. The Balaban J connectivity index is 1.58. The van der Waals surface area contributed by atoms with E-state index in [0.29, 0.717) is 40.8 Å². The number of rotatable bonds is 5. The van der Waals surface area contributed by atoms with E-state index in [1.807, 2.05) is 25.1 Å². The van der Waals surface area contributed by atoms with Crippen molar-refractivity contribution in [2.45, 2.75) is 24.7 Å². The van der Waals surface area contributed by atoms with Crippen molar-refractivity contribution < 1.29 is 9.59 Å². The van der Waals surface area contributed by atoms with E-state index < -0.39 is 0 Å². The number of aromatic nitrogens is 2. The minimum absolute atomic E-state index is 0.107. The van der Waals surface area contributed by atoms with Crippen molar-refractivity contribution in [3.05, 3.63) is 75.8 Å². The van der Waals surface area contributed by atoms with Crippen LogP contribution in [0.5, 0.6) is 0 Å². The maximum atomic E-state index is 12.9. The van der Waals surface area contributed by atoms with E-state index in [1.165, 1.54) is 4.90 Å². The Bertz CT molecular complexity index is 1120. The maximum absolute atomic E-state index is 12.9. The topological polar surface area (TPSA) is 72.3 Å². The zero-order valence-corrected chi connectivity index (χ0v) is 16.8. The molecule has 2 heterocycles. The number of hydrogen-bond donors (Lipinski definition) is 0. The molecule has 0 radical (unpaired) electrons. The first-order valence-corrected chi connectivity index (χ1v) is 9.99. The molecule has 0 N–H and O–H groups in total. The van der Waals surface area contributed by atoms with Gasteiger partial charge in [0.1, 0.15) is 5.82 Å². The number of alkyl halides is 1. The highest BCUT2D eigenvalue weighted by molar-refractivity contribution is 9.09. The third-order valence-corrected chi connectivity index (χ3v) is 5.30. The molecule has 1 aliphatic rings. The summed E-state index contributed by atoms with van der Waals surface area (Å²) in [6.07, 6.45) is 0.470. The van der Waals surface area contributed by atoms with Crippen LogP contribution in [-0.2, 0) is 6.54 Å². The lowest BCUT2D eigenvalue weighted by Crippen LogP contribution is -2.33. The lowest BCUT2D eigenvalue weighted by molar-refractivity contribution is 0.0650. The van der Waals surface area contributed by atoms with Crippen LogP contribution in [0.1, 0.15) is 44.7 Å². The molecule has 6 nitrogen and oxygen atoms in total. The molecule has 1 atom stereocenters. The van der Waals surface area contributed by atoms with Crippen molar-refractivity contribution >= 4 is 38.6 Å². The number of halogens is 1. The second kappa shape index (κ2) is 7.31. The van der Waals surface area contributed by atoms with Gasteiger partial charge in [-0.1, -0.05) is 40.2 Å². The SMILES string of the molecule is CC(Br)c1nc2ccccc2c(=O)n1CCCN1C(=O)c2ccccc2C1=O. The average Bonchev–Trinajstić information content (AvgIpc) is 2.94. The smallest absolute Gasteiger partial charge is 0.261 e. The molecule has 1 aromatic heterocycles. The molecule has 142 valence electrons. The number of fused-ring (bicyclic) bond motifs is 2. The summed E-state index contributed by atoms with van der Waals surface area (Å²) in [6.45, 7) is 2.54. The molecule has 1 aliphatic heterocycles. The van der Waals surface area contributed by atoms with Gasteiger partial charge in [-0.3, -0.25) is 23.9 Å². The van der Waals surface area contributed by atoms with Gasteiger partial charge in [0.05, 0.1) is 26.9 Å². The first kappa shape index (κ1) is 18.6. The number of carbonyl (C=O) groups is 2. The normalized spacial score (nSPS) is 14.6. The van der Waals surface area contributed by atoms with Crippen LogP contribution in [0, 0.1) is 0 Å². The number of para-hydroxylation sites is 1. The Morgan fingerprint density at radius 3 is 2.18 bits per heavy atom. The van der Waals surface area contributed by atoms with E-state index in [4.69, 9.17) is 0 Å². The van der Waals surface area contributed by atoms with Gasteiger partial charge in [0.25, 0.3) is 17.4 Å². The Kier molecular flexibility index (Phi) is 4.85. The van der Waals surface area contributed by atoms with Crippen LogP contribution in [0.15, 0.2) is 53.3 Å². The van der Waals surface area contributed by atoms with E-state index in [0.717, 1.165) is 0 Å². The predicted molar refractivity (Wildman–Crippen MR) is 110 cm³/mol. The molecule has 2 amide bonds. The third-order valence-electron chi connectivity index (χ3n) is 4.89. The second-order valence-corrected chi connectivity index (χ2v) is 8.09. The minimum atomic E-state index is -0.279. The molecule has 0 spiro atoms. The van der Waals surface area contributed by atoms with Crippen molar-refractivity contribution in [3.63, 3.8) is 0 Å². The Morgan fingerprint density at radius 2 is 1.54 bits per heavy atom. The van der Waals surface area contributed by atoms with Crippen LogP contribution in [-0.4, -0.2) is 32.8 Å². The molecule has 1 unspecified atom stereocenters. The van der Waals surface area contributed by atoms with Gasteiger partial charge < -0.3 is 0 Å². The molecular weight excluding hydrogens is 422 g/mol. The fraction of sp³-hybridized carbons (Fsp3) is 0.238. The molecule has 3 aromatic rings. The third kappa shape index (κ3) is 3.05. The Labute approximate surface area is 169 Å². The number of carbonyl (C=O) groups excluding carboxylic acids is 2. The molecule has 4 rings (SSSR count). The first-order chi connectivity index (χ1) is 13.5. The van der Waals surface area contributed by atoms with E-state index in [1.54, 1.807) is 34.9 Å². The van der Waals surface area contributed by atoms with Crippen molar-refractivity contribution in [3.8, 4) is 0 Å². The van der Waals surface area contributed by atoms with Crippen LogP contribution in [0.25, 0.3) is 10.9 Å². The summed E-state index contributed by atoms with van der Waals surface area (Å²) in [5.74, 6) is 0.0726. The summed E-state index contributed by atoms with van der Waals surface area (Å²) in [7, 11) is 0. The molecule has 0 fully saturated rings. The van der Waals surface area contributed by atoms with E-state index in [9.17, 15) is 14.4 Å². The highest BCUT2D eigenvalue weighted by Gasteiger charge is 2.34. The van der Waals surface area contributed by atoms with Crippen LogP contribution in [0.3, 0.4) is 0 Å². The van der Waals surface area contributed by atoms with E-state index >= 15 is 0 Å². The fourth-order valence-electron chi connectivity index (χ4n) is 3.53. The minimum Gasteiger partial charge on any atom is -0.295 e. The summed E-state index contributed by atoms with van der Waals surface area (Å²) in [4.78, 5) is 43.7. The summed E-state index contributed by atoms with van der Waals surface area (Å²) in [5, 5.41) is 0.556. The summed E-state index contributed by atoms with van der Waals surface area (Å²) >= 11 is 3.51. The van der Waals surface area contributed by atoms with Crippen molar-refractivity contribution in [2.75, 3.05) is 6.54 Å². The highest BCUT2D eigenvalue weighted by Crippen LogP contribution is 2.23. The second-order valence-electron chi connectivity index (χ2n) is 6.72. The van der Waals surface area contributed by atoms with Gasteiger partial charge in [0, 0.05) is 13.1 Å². The number of amides is 2. The molecule has 0 bridgehead atoms. The highest BCUT2D eigenvalue weighted by atomic mass is 79.9. The predicted octanol–water partition coefficient (Wildman–Crippen LogP) is 3.54. The van der Waals surface area contributed by atoms with Crippen LogP contribution < -0.4 is 5.56 Å². The van der Waals surface area contributed by atoms with Crippen molar-refractivity contribution in [1.82, 2.24) is 14.5 Å². The van der Waals surface area contributed by atoms with Gasteiger partial charge in [-0.05, 0) is 37.6 Å². The molecule has 0 saturated heterocycles. The lowest BCUT2D eigenvalue weighted by atomic mass is 10.1. The molecule has 28 heavy (non-hydrogen) atoms. The fourth-order valence-corrected chi connectivity index (χ4v) is 3.88. The quantitative estimate of drug-likeness (QED) is 0.450. The zero-order valence-electron chi connectivity index (χ0n) is 15.3. The molecule has 7 heteroatoms. The van der Waals surface area contributed by atoms with Gasteiger partial charge in [0.2, 0.25) is 0 Å². The zero-order chi connectivity index (χ0) is 19.8.